The molecule has 2 aromatic rings. The van der Waals surface area contributed by atoms with Crippen LogP contribution in [0.15, 0.2) is 59.7 Å². The van der Waals surface area contributed by atoms with Gasteiger partial charge in [0.05, 0.1) is 12.1 Å². The van der Waals surface area contributed by atoms with E-state index in [1.165, 1.54) is 24.3 Å². The van der Waals surface area contributed by atoms with Gasteiger partial charge in [0, 0.05) is 10.6 Å². The van der Waals surface area contributed by atoms with Gasteiger partial charge in [-0.05, 0) is 29.8 Å². The SMILES string of the molecule is O=C(c1ccc(Cl)cc1)N1N=C(c2ccccc2)C[C@@]1(O)C(F)(F)F. The molecule has 0 saturated carbocycles. The van der Waals surface area contributed by atoms with Crippen LogP contribution in [0.25, 0.3) is 0 Å². The van der Waals surface area contributed by atoms with Gasteiger partial charge in [-0.15, -0.1) is 0 Å². The number of amides is 1. The fraction of sp³-hybridized carbons (Fsp3) is 0.176. The van der Waals surface area contributed by atoms with Crippen molar-refractivity contribution < 1.29 is 23.1 Å². The summed E-state index contributed by atoms with van der Waals surface area (Å²) in [6, 6.07) is 13.4. The van der Waals surface area contributed by atoms with Crippen LogP contribution in [-0.4, -0.2) is 33.6 Å². The summed E-state index contributed by atoms with van der Waals surface area (Å²) in [5.74, 6) is -1.07. The van der Waals surface area contributed by atoms with Crippen LogP contribution in [0.1, 0.15) is 22.3 Å². The standard InChI is InChI=1S/C17H12ClF3N2O2/c18-13-8-6-12(7-9-13)15(24)23-16(25,17(19,20)21)10-14(22-23)11-4-2-1-3-5-11/h1-9,25H,10H2/t16-/m1/s1. The Bertz CT molecular complexity index is 822. The number of rotatable bonds is 2. The van der Waals surface area contributed by atoms with Gasteiger partial charge in [-0.2, -0.15) is 23.3 Å². The van der Waals surface area contributed by atoms with Crippen LogP contribution in [0.2, 0.25) is 5.02 Å². The molecule has 1 atom stereocenters. The Balaban J connectivity index is 2.04. The average molecular weight is 369 g/mol. The number of hydrogen-bond donors (Lipinski definition) is 1. The molecule has 0 radical (unpaired) electrons. The van der Waals surface area contributed by atoms with E-state index < -0.39 is 24.2 Å². The highest BCUT2D eigenvalue weighted by atomic mass is 35.5. The van der Waals surface area contributed by atoms with Crippen LogP contribution in [0, 0.1) is 0 Å². The number of hydrazone groups is 1. The zero-order chi connectivity index (χ0) is 18.2. The number of halogens is 4. The molecule has 4 nitrogen and oxygen atoms in total. The first-order valence-electron chi connectivity index (χ1n) is 7.24. The molecular formula is C17H12ClF3N2O2. The lowest BCUT2D eigenvalue weighted by molar-refractivity contribution is -0.297. The number of carbonyl (C=O) groups excluding carboxylic acids is 1. The monoisotopic (exact) mass is 368 g/mol. The third kappa shape index (κ3) is 3.12. The molecule has 0 bridgehead atoms. The van der Waals surface area contributed by atoms with E-state index in [-0.39, 0.29) is 16.3 Å². The van der Waals surface area contributed by atoms with Gasteiger partial charge in [-0.3, -0.25) is 4.79 Å². The van der Waals surface area contributed by atoms with E-state index in [0.717, 1.165) is 0 Å². The largest absolute Gasteiger partial charge is 0.438 e. The maximum atomic E-state index is 13.5. The maximum Gasteiger partial charge on any atom is 0.438 e. The third-order valence-corrected chi connectivity index (χ3v) is 4.08. The lowest BCUT2D eigenvalue weighted by Gasteiger charge is -2.32. The predicted octanol–water partition coefficient (Wildman–Crippen LogP) is 3.84. The van der Waals surface area contributed by atoms with Crippen molar-refractivity contribution in [3.63, 3.8) is 0 Å². The molecule has 1 heterocycles. The summed E-state index contributed by atoms with van der Waals surface area (Å²) in [4.78, 5) is 12.5. The summed E-state index contributed by atoms with van der Waals surface area (Å²) < 4.78 is 40.5. The lowest BCUT2D eigenvalue weighted by Crippen LogP contribution is -2.56. The third-order valence-electron chi connectivity index (χ3n) is 3.83. The first kappa shape index (κ1) is 17.4. The van der Waals surface area contributed by atoms with Crippen molar-refractivity contribution in [3.8, 4) is 0 Å². The van der Waals surface area contributed by atoms with Crippen molar-refractivity contribution in [3.05, 3.63) is 70.7 Å². The Morgan fingerprint density at radius 1 is 1.12 bits per heavy atom. The Morgan fingerprint density at radius 2 is 1.72 bits per heavy atom. The topological polar surface area (TPSA) is 52.9 Å². The van der Waals surface area contributed by atoms with Crippen molar-refractivity contribution in [2.24, 2.45) is 5.10 Å². The Hall–Kier alpha value is -2.38. The van der Waals surface area contributed by atoms with Gasteiger partial charge in [-0.25, -0.2) is 0 Å². The molecule has 1 aliphatic rings. The lowest BCUT2D eigenvalue weighted by atomic mass is 10.0. The van der Waals surface area contributed by atoms with E-state index in [2.05, 4.69) is 5.10 Å². The molecule has 130 valence electrons. The minimum atomic E-state index is -5.07. The molecular weight excluding hydrogens is 357 g/mol. The summed E-state index contributed by atoms with van der Waals surface area (Å²) >= 11 is 5.73. The van der Waals surface area contributed by atoms with Gasteiger partial charge < -0.3 is 5.11 Å². The van der Waals surface area contributed by atoms with Crippen molar-refractivity contribution in [2.45, 2.75) is 18.3 Å². The minimum absolute atomic E-state index is 0.0252. The summed E-state index contributed by atoms with van der Waals surface area (Å²) in [6.07, 6.45) is -5.92. The Kier molecular flexibility index (Phi) is 4.30. The second kappa shape index (κ2) is 6.16. The van der Waals surface area contributed by atoms with Crippen LogP contribution >= 0.6 is 11.6 Å². The van der Waals surface area contributed by atoms with Crippen molar-refractivity contribution in [2.75, 3.05) is 0 Å². The van der Waals surface area contributed by atoms with Crippen LogP contribution in [-0.2, 0) is 0 Å². The fourth-order valence-corrected chi connectivity index (χ4v) is 2.61. The summed E-state index contributed by atoms with van der Waals surface area (Å²) in [5.41, 5.74) is -3.10. The molecule has 2 aromatic carbocycles. The molecule has 0 aliphatic carbocycles. The van der Waals surface area contributed by atoms with Crippen molar-refractivity contribution in [1.29, 1.82) is 0 Å². The van der Waals surface area contributed by atoms with E-state index in [9.17, 15) is 23.1 Å². The first-order valence-corrected chi connectivity index (χ1v) is 7.62. The number of aliphatic hydroxyl groups is 1. The minimum Gasteiger partial charge on any atom is -0.362 e. The van der Waals surface area contributed by atoms with Crippen LogP contribution in [0.5, 0.6) is 0 Å². The van der Waals surface area contributed by atoms with E-state index in [4.69, 9.17) is 11.6 Å². The van der Waals surface area contributed by atoms with Crippen molar-refractivity contribution >= 4 is 23.2 Å². The Morgan fingerprint density at radius 3 is 2.28 bits per heavy atom. The Labute approximate surface area is 146 Å². The van der Waals surface area contributed by atoms with Gasteiger partial charge in [0.25, 0.3) is 11.6 Å². The molecule has 1 aliphatic heterocycles. The highest BCUT2D eigenvalue weighted by molar-refractivity contribution is 6.30. The van der Waals surface area contributed by atoms with Gasteiger partial charge in [0.15, 0.2) is 0 Å². The van der Waals surface area contributed by atoms with Crippen LogP contribution in [0.3, 0.4) is 0 Å². The molecule has 1 amide bonds. The first-order chi connectivity index (χ1) is 11.7. The molecule has 25 heavy (non-hydrogen) atoms. The van der Waals surface area contributed by atoms with E-state index in [1.807, 2.05) is 0 Å². The zero-order valence-electron chi connectivity index (χ0n) is 12.7. The average Bonchev–Trinajstić information content (AvgIpc) is 2.95. The maximum absolute atomic E-state index is 13.5. The van der Waals surface area contributed by atoms with Gasteiger partial charge in [0.2, 0.25) is 0 Å². The predicted molar refractivity (Wildman–Crippen MR) is 86.2 cm³/mol. The molecule has 8 heteroatoms. The summed E-state index contributed by atoms with van der Waals surface area (Å²) in [5, 5.41) is 14.4. The highest BCUT2D eigenvalue weighted by Crippen LogP contribution is 2.42. The number of alkyl halides is 3. The quantitative estimate of drug-likeness (QED) is 0.875. The fourth-order valence-electron chi connectivity index (χ4n) is 2.49. The number of benzene rings is 2. The normalized spacial score (nSPS) is 20.5. The highest BCUT2D eigenvalue weighted by Gasteiger charge is 2.63. The summed E-state index contributed by atoms with van der Waals surface area (Å²) in [6.45, 7) is 0. The molecule has 1 N–H and O–H groups in total. The molecule has 3 rings (SSSR count). The zero-order valence-corrected chi connectivity index (χ0v) is 13.4. The number of nitrogens with zero attached hydrogens (tertiary/aromatic N) is 2. The molecule has 0 fully saturated rings. The second-order valence-corrected chi connectivity index (χ2v) is 5.96. The number of hydrogen-bond acceptors (Lipinski definition) is 3. The summed E-state index contributed by atoms with van der Waals surface area (Å²) in [7, 11) is 0. The van der Waals surface area contributed by atoms with Gasteiger partial charge in [0.1, 0.15) is 0 Å². The molecule has 0 unspecified atom stereocenters. The molecule has 0 aromatic heterocycles. The van der Waals surface area contributed by atoms with E-state index >= 15 is 0 Å². The molecule has 0 spiro atoms. The van der Waals surface area contributed by atoms with Crippen LogP contribution < -0.4 is 0 Å². The van der Waals surface area contributed by atoms with Crippen LogP contribution in [0.4, 0.5) is 13.2 Å². The van der Waals surface area contributed by atoms with Gasteiger partial charge in [-0.1, -0.05) is 41.9 Å². The van der Waals surface area contributed by atoms with Gasteiger partial charge >= 0.3 is 6.18 Å². The van der Waals surface area contributed by atoms with E-state index in [1.54, 1.807) is 30.3 Å². The number of carbonyl (C=O) groups is 1. The molecule has 0 saturated heterocycles. The smallest absolute Gasteiger partial charge is 0.362 e. The second-order valence-electron chi connectivity index (χ2n) is 5.53. The van der Waals surface area contributed by atoms with E-state index in [0.29, 0.717) is 10.6 Å². The van der Waals surface area contributed by atoms with Crippen molar-refractivity contribution in [1.82, 2.24) is 5.01 Å².